The van der Waals surface area contributed by atoms with Crippen molar-refractivity contribution in [2.45, 2.75) is 32.6 Å². The van der Waals surface area contributed by atoms with E-state index in [0.717, 1.165) is 35.1 Å². The predicted octanol–water partition coefficient (Wildman–Crippen LogP) is 3.51. The molecule has 0 aliphatic carbocycles. The number of aromatic hydroxyl groups is 1. The molecule has 0 unspecified atom stereocenters. The van der Waals surface area contributed by atoms with E-state index < -0.39 is 0 Å². The Kier molecular flexibility index (Phi) is 3.22. The van der Waals surface area contributed by atoms with E-state index in [1.54, 1.807) is 6.07 Å². The van der Waals surface area contributed by atoms with Crippen molar-refractivity contribution in [2.75, 3.05) is 5.73 Å². The maximum absolute atomic E-state index is 10.1. The van der Waals surface area contributed by atoms with E-state index in [9.17, 15) is 5.11 Å². The van der Waals surface area contributed by atoms with Gasteiger partial charge in [-0.15, -0.1) is 0 Å². The number of hydrogen-bond acceptors (Lipinski definition) is 3. The normalized spacial score (nSPS) is 11.4. The summed E-state index contributed by atoms with van der Waals surface area (Å²) < 4.78 is 1.85. The molecule has 0 amide bonds. The van der Waals surface area contributed by atoms with E-state index in [-0.39, 0.29) is 5.75 Å². The van der Waals surface area contributed by atoms with E-state index in [0.29, 0.717) is 5.82 Å². The molecule has 0 radical (unpaired) electrons. The van der Waals surface area contributed by atoms with Crippen molar-refractivity contribution in [1.82, 2.24) is 9.38 Å². The number of nitrogen functional groups attached to an aromatic ring is 1. The molecular formula is C16H19N3O. The molecule has 0 atom stereocenters. The molecule has 104 valence electrons. The molecule has 0 saturated carbocycles. The molecule has 2 aromatic heterocycles. The van der Waals surface area contributed by atoms with Crippen LogP contribution in [0.3, 0.4) is 0 Å². The fourth-order valence-corrected chi connectivity index (χ4v) is 2.66. The van der Waals surface area contributed by atoms with Crippen molar-refractivity contribution >= 4 is 22.4 Å². The highest BCUT2D eigenvalue weighted by molar-refractivity contribution is 5.88. The van der Waals surface area contributed by atoms with Crippen LogP contribution < -0.4 is 5.73 Å². The third kappa shape index (κ3) is 1.97. The van der Waals surface area contributed by atoms with Crippen LogP contribution in [0.5, 0.6) is 5.75 Å². The molecule has 0 aliphatic heterocycles. The average Bonchev–Trinajstić information content (AvgIpc) is 2.77. The van der Waals surface area contributed by atoms with Crippen molar-refractivity contribution in [3.63, 3.8) is 0 Å². The van der Waals surface area contributed by atoms with Crippen LogP contribution in [0.2, 0.25) is 0 Å². The molecule has 0 fully saturated rings. The Labute approximate surface area is 117 Å². The number of imidazole rings is 1. The second kappa shape index (κ2) is 5.04. The molecule has 1 aromatic carbocycles. The van der Waals surface area contributed by atoms with Gasteiger partial charge in [-0.1, -0.05) is 31.9 Å². The van der Waals surface area contributed by atoms with Gasteiger partial charge in [-0.05, 0) is 31.0 Å². The van der Waals surface area contributed by atoms with Gasteiger partial charge in [-0.2, -0.15) is 0 Å². The van der Waals surface area contributed by atoms with E-state index >= 15 is 0 Å². The fraction of sp³-hybridized carbons (Fsp3) is 0.312. The minimum Gasteiger partial charge on any atom is -0.506 e. The quantitative estimate of drug-likeness (QED) is 0.712. The van der Waals surface area contributed by atoms with Gasteiger partial charge < -0.3 is 10.8 Å². The molecule has 20 heavy (non-hydrogen) atoms. The first-order valence-corrected chi connectivity index (χ1v) is 7.10. The van der Waals surface area contributed by atoms with Gasteiger partial charge in [-0.3, -0.25) is 4.40 Å². The summed E-state index contributed by atoms with van der Waals surface area (Å²) in [7, 11) is 0. The standard InChI is InChI=1S/C16H19N3O/c1-2-3-4-7-12-16(17)19-14(18-12)10-9-11-6-5-8-13(20)15(11)19/h5-6,8-10,20H,2-4,7,17H2,1H3. The molecule has 2 heterocycles. The minimum atomic E-state index is 0.234. The molecule has 3 rings (SSSR count). The van der Waals surface area contributed by atoms with Crippen molar-refractivity contribution in [3.05, 3.63) is 36.0 Å². The van der Waals surface area contributed by atoms with Crippen molar-refractivity contribution in [1.29, 1.82) is 0 Å². The van der Waals surface area contributed by atoms with Crippen LogP contribution in [-0.4, -0.2) is 14.5 Å². The summed E-state index contributed by atoms with van der Waals surface area (Å²) in [6.07, 6.45) is 4.33. The molecule has 3 N–H and O–H groups in total. The largest absolute Gasteiger partial charge is 0.506 e. The van der Waals surface area contributed by atoms with Gasteiger partial charge in [-0.25, -0.2) is 4.98 Å². The number of nitrogens with zero attached hydrogens (tertiary/aromatic N) is 2. The number of fused-ring (bicyclic) bond motifs is 3. The number of benzene rings is 1. The van der Waals surface area contributed by atoms with Gasteiger partial charge >= 0.3 is 0 Å². The maximum Gasteiger partial charge on any atom is 0.140 e. The van der Waals surface area contributed by atoms with Gasteiger partial charge in [0.2, 0.25) is 0 Å². The Morgan fingerprint density at radius 1 is 1.20 bits per heavy atom. The number of pyridine rings is 1. The molecule has 4 heteroatoms. The molecule has 0 bridgehead atoms. The van der Waals surface area contributed by atoms with Crippen LogP contribution in [0.25, 0.3) is 16.6 Å². The zero-order chi connectivity index (χ0) is 14.1. The SMILES string of the molecule is CCCCCc1nc2ccc3cccc(O)c3n2c1N. The average molecular weight is 269 g/mol. The number of unbranched alkanes of at least 4 members (excludes halogenated alkanes) is 2. The smallest absolute Gasteiger partial charge is 0.140 e. The number of para-hydroxylation sites is 1. The zero-order valence-electron chi connectivity index (χ0n) is 11.6. The predicted molar refractivity (Wildman–Crippen MR) is 82.0 cm³/mol. The Bertz CT molecular complexity index is 761. The molecular weight excluding hydrogens is 250 g/mol. The highest BCUT2D eigenvalue weighted by Gasteiger charge is 2.13. The minimum absolute atomic E-state index is 0.234. The fourth-order valence-electron chi connectivity index (χ4n) is 2.66. The Morgan fingerprint density at radius 2 is 2.05 bits per heavy atom. The van der Waals surface area contributed by atoms with Gasteiger partial charge in [0.25, 0.3) is 0 Å². The van der Waals surface area contributed by atoms with Gasteiger partial charge in [0.15, 0.2) is 0 Å². The van der Waals surface area contributed by atoms with Crippen LogP contribution in [0.4, 0.5) is 5.82 Å². The lowest BCUT2D eigenvalue weighted by Crippen LogP contribution is -1.98. The number of aryl methyl sites for hydroxylation is 1. The van der Waals surface area contributed by atoms with Crippen LogP contribution in [0, 0.1) is 0 Å². The van der Waals surface area contributed by atoms with Gasteiger partial charge in [0.05, 0.1) is 11.2 Å². The number of anilines is 1. The first-order chi connectivity index (χ1) is 9.72. The van der Waals surface area contributed by atoms with E-state index in [1.165, 1.54) is 12.8 Å². The molecule has 4 nitrogen and oxygen atoms in total. The highest BCUT2D eigenvalue weighted by atomic mass is 16.3. The Morgan fingerprint density at radius 3 is 2.85 bits per heavy atom. The van der Waals surface area contributed by atoms with Gasteiger partial charge in [0, 0.05) is 5.39 Å². The van der Waals surface area contributed by atoms with Crippen molar-refractivity contribution in [2.24, 2.45) is 0 Å². The molecule has 0 spiro atoms. The molecule has 3 aromatic rings. The summed E-state index contributed by atoms with van der Waals surface area (Å²) >= 11 is 0. The summed E-state index contributed by atoms with van der Waals surface area (Å²) in [5, 5.41) is 11.1. The second-order valence-corrected chi connectivity index (χ2v) is 5.14. The topological polar surface area (TPSA) is 63.5 Å². The number of phenols is 1. The summed E-state index contributed by atoms with van der Waals surface area (Å²) in [6, 6.07) is 9.38. The Balaban J connectivity index is 2.18. The van der Waals surface area contributed by atoms with Crippen molar-refractivity contribution < 1.29 is 5.11 Å². The molecule has 0 aliphatic rings. The molecule has 0 saturated heterocycles. The Hall–Kier alpha value is -2.23. The lowest BCUT2D eigenvalue weighted by molar-refractivity contribution is 0.480. The third-order valence-electron chi connectivity index (χ3n) is 3.71. The monoisotopic (exact) mass is 269 g/mol. The lowest BCUT2D eigenvalue weighted by Gasteiger charge is -2.05. The van der Waals surface area contributed by atoms with Crippen molar-refractivity contribution in [3.8, 4) is 5.75 Å². The van der Waals surface area contributed by atoms with E-state index in [2.05, 4.69) is 11.9 Å². The number of hydrogen-bond donors (Lipinski definition) is 2. The summed E-state index contributed by atoms with van der Waals surface area (Å²) in [6.45, 7) is 2.18. The van der Waals surface area contributed by atoms with E-state index in [4.69, 9.17) is 5.73 Å². The van der Waals surface area contributed by atoms with Crippen LogP contribution in [0.1, 0.15) is 31.9 Å². The number of rotatable bonds is 4. The van der Waals surface area contributed by atoms with Crippen LogP contribution in [0.15, 0.2) is 30.3 Å². The van der Waals surface area contributed by atoms with Crippen LogP contribution >= 0.6 is 0 Å². The maximum atomic E-state index is 10.1. The second-order valence-electron chi connectivity index (χ2n) is 5.14. The lowest BCUT2D eigenvalue weighted by atomic mass is 10.1. The summed E-state index contributed by atoms with van der Waals surface area (Å²) in [5.74, 6) is 0.875. The zero-order valence-corrected chi connectivity index (χ0v) is 11.6. The highest BCUT2D eigenvalue weighted by Crippen LogP contribution is 2.29. The summed E-state index contributed by atoms with van der Waals surface area (Å²) in [4.78, 5) is 4.60. The third-order valence-corrected chi connectivity index (χ3v) is 3.71. The first-order valence-electron chi connectivity index (χ1n) is 7.10. The number of phenolic OH excluding ortho intramolecular Hbond substituents is 1. The summed E-state index contributed by atoms with van der Waals surface area (Å²) in [5.41, 5.74) is 8.70. The first kappa shape index (κ1) is 12.8. The number of nitrogens with two attached hydrogens (primary N) is 1. The van der Waals surface area contributed by atoms with Gasteiger partial charge in [0.1, 0.15) is 17.2 Å². The van der Waals surface area contributed by atoms with E-state index in [1.807, 2.05) is 28.7 Å². The number of aromatic nitrogens is 2. The van der Waals surface area contributed by atoms with Crippen LogP contribution in [-0.2, 0) is 6.42 Å².